The van der Waals surface area contributed by atoms with Crippen molar-refractivity contribution in [3.8, 4) is 0 Å². The van der Waals surface area contributed by atoms with E-state index in [1.807, 2.05) is 0 Å². The van der Waals surface area contributed by atoms with Crippen LogP contribution in [0.2, 0.25) is 0 Å². The first-order valence-electron chi connectivity index (χ1n) is 6.70. The molecule has 0 amide bonds. The van der Waals surface area contributed by atoms with Crippen LogP contribution in [0.3, 0.4) is 0 Å². The molecule has 1 saturated heterocycles. The lowest BCUT2D eigenvalue weighted by atomic mass is 9.83. The third kappa shape index (κ3) is 2.54. The van der Waals surface area contributed by atoms with Crippen molar-refractivity contribution in [2.45, 2.75) is 45.4 Å². The van der Waals surface area contributed by atoms with Crippen LogP contribution in [0.5, 0.6) is 0 Å². The van der Waals surface area contributed by atoms with Gasteiger partial charge in [0, 0.05) is 13.1 Å². The molecule has 0 aromatic carbocycles. The van der Waals surface area contributed by atoms with Crippen LogP contribution in [0.1, 0.15) is 45.4 Å². The Morgan fingerprint density at radius 2 is 2.07 bits per heavy atom. The van der Waals surface area contributed by atoms with Crippen LogP contribution in [0.25, 0.3) is 0 Å². The van der Waals surface area contributed by atoms with E-state index in [4.69, 9.17) is 5.73 Å². The van der Waals surface area contributed by atoms with Gasteiger partial charge in [-0.15, -0.1) is 0 Å². The van der Waals surface area contributed by atoms with Crippen LogP contribution in [0.15, 0.2) is 0 Å². The molecule has 1 heterocycles. The quantitative estimate of drug-likeness (QED) is 0.771. The third-order valence-electron chi connectivity index (χ3n) is 4.68. The first kappa shape index (κ1) is 11.4. The summed E-state index contributed by atoms with van der Waals surface area (Å²) in [6, 6.07) is 0. The lowest BCUT2D eigenvalue weighted by Crippen LogP contribution is -2.35. The van der Waals surface area contributed by atoms with E-state index in [9.17, 15) is 0 Å². The van der Waals surface area contributed by atoms with E-state index in [2.05, 4.69) is 11.8 Å². The van der Waals surface area contributed by atoms with Gasteiger partial charge >= 0.3 is 0 Å². The van der Waals surface area contributed by atoms with Gasteiger partial charge in [0.1, 0.15) is 0 Å². The van der Waals surface area contributed by atoms with E-state index in [0.29, 0.717) is 5.41 Å². The van der Waals surface area contributed by atoms with Gasteiger partial charge in [0.05, 0.1) is 0 Å². The molecule has 1 aliphatic carbocycles. The predicted molar refractivity (Wildman–Crippen MR) is 64.8 cm³/mol. The Morgan fingerprint density at radius 1 is 1.33 bits per heavy atom. The molecule has 0 bridgehead atoms. The molecule has 2 N–H and O–H groups in total. The Bertz CT molecular complexity index is 197. The zero-order valence-corrected chi connectivity index (χ0v) is 10.2. The normalized spacial score (nSPS) is 31.2. The summed E-state index contributed by atoms with van der Waals surface area (Å²) in [5, 5.41) is 0. The maximum Gasteiger partial charge on any atom is 0.00380 e. The zero-order chi connectivity index (χ0) is 10.7. The van der Waals surface area contributed by atoms with Crippen molar-refractivity contribution >= 4 is 0 Å². The van der Waals surface area contributed by atoms with Crippen molar-refractivity contribution in [2.24, 2.45) is 17.1 Å². The van der Waals surface area contributed by atoms with Crippen molar-refractivity contribution in [3.63, 3.8) is 0 Å². The highest BCUT2D eigenvalue weighted by atomic mass is 15.2. The molecule has 0 spiro atoms. The molecule has 1 atom stereocenters. The zero-order valence-electron chi connectivity index (χ0n) is 10.2. The van der Waals surface area contributed by atoms with Gasteiger partial charge in [0.2, 0.25) is 0 Å². The molecule has 1 aliphatic heterocycles. The lowest BCUT2D eigenvalue weighted by molar-refractivity contribution is 0.167. The van der Waals surface area contributed by atoms with Crippen molar-refractivity contribution < 1.29 is 0 Å². The SMILES string of the molecule is CCC1(CN2CCC(CN)C2)CCCC1. The van der Waals surface area contributed by atoms with Crippen molar-refractivity contribution in [1.29, 1.82) is 0 Å². The smallest absolute Gasteiger partial charge is 0.00380 e. The fourth-order valence-corrected chi connectivity index (χ4v) is 3.47. The Labute approximate surface area is 94.2 Å². The highest BCUT2D eigenvalue weighted by molar-refractivity contribution is 4.88. The van der Waals surface area contributed by atoms with Gasteiger partial charge in [-0.2, -0.15) is 0 Å². The van der Waals surface area contributed by atoms with Gasteiger partial charge in [-0.25, -0.2) is 0 Å². The third-order valence-corrected chi connectivity index (χ3v) is 4.68. The average molecular weight is 210 g/mol. The Balaban J connectivity index is 1.85. The van der Waals surface area contributed by atoms with Crippen LogP contribution < -0.4 is 5.73 Å². The summed E-state index contributed by atoms with van der Waals surface area (Å²) in [6.45, 7) is 7.17. The Kier molecular flexibility index (Phi) is 3.68. The van der Waals surface area contributed by atoms with Gasteiger partial charge in [-0.3, -0.25) is 0 Å². The van der Waals surface area contributed by atoms with E-state index >= 15 is 0 Å². The molecule has 0 aromatic rings. The fourth-order valence-electron chi connectivity index (χ4n) is 3.47. The molecule has 1 saturated carbocycles. The minimum absolute atomic E-state index is 0.670. The van der Waals surface area contributed by atoms with Crippen LogP contribution in [0, 0.1) is 11.3 Å². The van der Waals surface area contributed by atoms with E-state index in [1.165, 1.54) is 58.2 Å². The van der Waals surface area contributed by atoms with E-state index in [1.54, 1.807) is 0 Å². The van der Waals surface area contributed by atoms with E-state index in [-0.39, 0.29) is 0 Å². The average Bonchev–Trinajstić information content (AvgIpc) is 2.88. The standard InChI is InChI=1S/C13H26N2/c1-2-13(6-3-4-7-13)11-15-8-5-12(9-14)10-15/h12H,2-11,14H2,1H3. The van der Waals surface area contributed by atoms with E-state index in [0.717, 1.165) is 12.5 Å². The summed E-state index contributed by atoms with van der Waals surface area (Å²) in [4.78, 5) is 2.67. The van der Waals surface area contributed by atoms with Crippen LogP contribution in [-0.2, 0) is 0 Å². The van der Waals surface area contributed by atoms with Gasteiger partial charge in [0.15, 0.2) is 0 Å². The molecule has 2 rings (SSSR count). The van der Waals surface area contributed by atoms with Crippen molar-refractivity contribution in [1.82, 2.24) is 4.90 Å². The summed E-state index contributed by atoms with van der Waals surface area (Å²) in [7, 11) is 0. The molecular formula is C13H26N2. The maximum atomic E-state index is 5.74. The van der Waals surface area contributed by atoms with Crippen LogP contribution in [-0.4, -0.2) is 31.1 Å². The number of likely N-dealkylation sites (tertiary alicyclic amines) is 1. The van der Waals surface area contributed by atoms with Crippen molar-refractivity contribution in [2.75, 3.05) is 26.2 Å². The molecule has 1 unspecified atom stereocenters. The molecule has 2 aliphatic rings. The number of nitrogens with zero attached hydrogens (tertiary/aromatic N) is 1. The monoisotopic (exact) mass is 210 g/mol. The van der Waals surface area contributed by atoms with Crippen LogP contribution in [0.4, 0.5) is 0 Å². The van der Waals surface area contributed by atoms with Gasteiger partial charge < -0.3 is 10.6 Å². The molecule has 0 aromatic heterocycles. The number of hydrogen-bond donors (Lipinski definition) is 1. The number of hydrogen-bond acceptors (Lipinski definition) is 2. The summed E-state index contributed by atoms with van der Waals surface area (Å²) in [5.41, 5.74) is 6.41. The Morgan fingerprint density at radius 3 is 2.60 bits per heavy atom. The maximum absolute atomic E-state index is 5.74. The lowest BCUT2D eigenvalue weighted by Gasteiger charge is -2.32. The minimum atomic E-state index is 0.670. The second-order valence-corrected chi connectivity index (χ2v) is 5.69. The molecule has 2 fully saturated rings. The van der Waals surface area contributed by atoms with Crippen molar-refractivity contribution in [3.05, 3.63) is 0 Å². The molecule has 2 nitrogen and oxygen atoms in total. The second-order valence-electron chi connectivity index (χ2n) is 5.69. The predicted octanol–water partition coefficient (Wildman–Crippen LogP) is 2.24. The topological polar surface area (TPSA) is 29.3 Å². The highest BCUT2D eigenvalue weighted by Crippen LogP contribution is 2.42. The minimum Gasteiger partial charge on any atom is -0.330 e. The molecule has 0 radical (unpaired) electrons. The summed E-state index contributed by atoms with van der Waals surface area (Å²) >= 11 is 0. The highest BCUT2D eigenvalue weighted by Gasteiger charge is 2.35. The van der Waals surface area contributed by atoms with Crippen LogP contribution >= 0.6 is 0 Å². The second kappa shape index (κ2) is 4.84. The number of rotatable bonds is 4. The van der Waals surface area contributed by atoms with Gasteiger partial charge in [0.25, 0.3) is 0 Å². The largest absolute Gasteiger partial charge is 0.330 e. The molecular weight excluding hydrogens is 184 g/mol. The molecule has 15 heavy (non-hydrogen) atoms. The summed E-state index contributed by atoms with van der Waals surface area (Å²) in [5.74, 6) is 0.778. The van der Waals surface area contributed by atoms with Gasteiger partial charge in [-0.05, 0) is 50.1 Å². The summed E-state index contributed by atoms with van der Waals surface area (Å²) in [6.07, 6.45) is 8.55. The molecule has 88 valence electrons. The fraction of sp³-hybridized carbons (Fsp3) is 1.00. The van der Waals surface area contributed by atoms with Gasteiger partial charge in [-0.1, -0.05) is 19.8 Å². The van der Waals surface area contributed by atoms with E-state index < -0.39 is 0 Å². The first-order chi connectivity index (χ1) is 7.28. The Hall–Kier alpha value is -0.0800. The number of nitrogens with two attached hydrogens (primary N) is 1. The summed E-state index contributed by atoms with van der Waals surface area (Å²) < 4.78 is 0. The molecule has 2 heteroatoms. The first-order valence-corrected chi connectivity index (χ1v) is 6.70.